The Morgan fingerprint density at radius 2 is 2.00 bits per heavy atom. The molecule has 2 heterocycles. The summed E-state index contributed by atoms with van der Waals surface area (Å²) in [5.41, 5.74) is 1.05. The molecule has 0 bridgehead atoms. The summed E-state index contributed by atoms with van der Waals surface area (Å²) in [5.74, 6) is 0.196. The Bertz CT molecular complexity index is 582. The number of hydrogen-bond donors (Lipinski definition) is 2. The molecule has 0 aliphatic carbocycles. The van der Waals surface area contributed by atoms with Gasteiger partial charge in [0.1, 0.15) is 0 Å². The van der Waals surface area contributed by atoms with E-state index in [-0.39, 0.29) is 30.3 Å². The van der Waals surface area contributed by atoms with Gasteiger partial charge in [0, 0.05) is 23.0 Å². The fourth-order valence-corrected chi connectivity index (χ4v) is 3.09. The van der Waals surface area contributed by atoms with Gasteiger partial charge < -0.3 is 10.6 Å². The molecule has 1 atom stereocenters. The molecule has 112 valence electrons. The Morgan fingerprint density at radius 3 is 2.52 bits per heavy atom. The van der Waals surface area contributed by atoms with E-state index in [1.807, 2.05) is 41.8 Å². The van der Waals surface area contributed by atoms with Crippen molar-refractivity contribution in [3.8, 4) is 0 Å². The van der Waals surface area contributed by atoms with Crippen LogP contribution < -0.4 is 10.6 Å². The summed E-state index contributed by atoms with van der Waals surface area (Å²) >= 11 is 7.58. The number of benzene rings is 1. The van der Waals surface area contributed by atoms with Gasteiger partial charge in [-0.2, -0.15) is 0 Å². The molecule has 0 radical (unpaired) electrons. The Hall–Kier alpha value is -1.07. The monoisotopic (exact) mass is 342 g/mol. The molecular weight excluding hydrogens is 327 g/mol. The average molecular weight is 343 g/mol. The van der Waals surface area contributed by atoms with E-state index >= 15 is 0 Å². The Balaban J connectivity index is 0.00000161. The molecule has 1 amide bonds. The lowest BCUT2D eigenvalue weighted by Gasteiger charge is -2.28. The van der Waals surface area contributed by atoms with Crippen LogP contribution >= 0.6 is 35.3 Å². The SMILES string of the molecule is Cl.O=C(NC(c1ccc(Cl)cc1)c1cccs1)C1CNC1. The van der Waals surface area contributed by atoms with Crippen molar-refractivity contribution in [2.45, 2.75) is 6.04 Å². The average Bonchev–Trinajstić information content (AvgIpc) is 2.88. The fraction of sp³-hybridized carbons (Fsp3) is 0.267. The molecule has 21 heavy (non-hydrogen) atoms. The first kappa shape index (κ1) is 16.3. The molecule has 2 aromatic rings. The summed E-state index contributed by atoms with van der Waals surface area (Å²) in [7, 11) is 0. The van der Waals surface area contributed by atoms with Crippen molar-refractivity contribution in [1.29, 1.82) is 0 Å². The van der Waals surface area contributed by atoms with Gasteiger partial charge in [0.2, 0.25) is 5.91 Å². The van der Waals surface area contributed by atoms with E-state index in [1.165, 1.54) is 0 Å². The van der Waals surface area contributed by atoms with Crippen LogP contribution in [0.4, 0.5) is 0 Å². The van der Waals surface area contributed by atoms with E-state index in [9.17, 15) is 4.79 Å². The highest BCUT2D eigenvalue weighted by molar-refractivity contribution is 7.10. The van der Waals surface area contributed by atoms with E-state index in [0.29, 0.717) is 5.02 Å². The molecule has 1 aromatic carbocycles. The van der Waals surface area contributed by atoms with Gasteiger partial charge in [0.25, 0.3) is 0 Å². The third kappa shape index (κ3) is 3.77. The van der Waals surface area contributed by atoms with Gasteiger partial charge in [-0.1, -0.05) is 29.8 Å². The number of hydrogen-bond acceptors (Lipinski definition) is 3. The molecule has 3 nitrogen and oxygen atoms in total. The van der Waals surface area contributed by atoms with Crippen LogP contribution in [0.1, 0.15) is 16.5 Å². The Labute approximate surface area is 139 Å². The normalized spacial score (nSPS) is 15.7. The van der Waals surface area contributed by atoms with Crippen LogP contribution in [0.2, 0.25) is 5.02 Å². The second kappa shape index (κ2) is 7.27. The molecule has 1 aromatic heterocycles. The first-order valence-electron chi connectivity index (χ1n) is 6.54. The summed E-state index contributed by atoms with van der Waals surface area (Å²) < 4.78 is 0. The lowest BCUT2D eigenvalue weighted by molar-refractivity contribution is -0.126. The maximum Gasteiger partial charge on any atom is 0.226 e. The van der Waals surface area contributed by atoms with Gasteiger partial charge in [0.15, 0.2) is 0 Å². The summed E-state index contributed by atoms with van der Waals surface area (Å²) in [5, 5.41) is 8.99. The molecule has 2 N–H and O–H groups in total. The Kier molecular flexibility index (Phi) is 5.65. The molecule has 1 unspecified atom stereocenters. The first-order chi connectivity index (χ1) is 9.74. The van der Waals surface area contributed by atoms with Crippen LogP contribution in [0.15, 0.2) is 41.8 Å². The van der Waals surface area contributed by atoms with Crippen LogP contribution in [-0.4, -0.2) is 19.0 Å². The summed E-state index contributed by atoms with van der Waals surface area (Å²) in [6, 6.07) is 11.6. The maximum absolute atomic E-state index is 12.2. The summed E-state index contributed by atoms with van der Waals surface area (Å²) in [4.78, 5) is 13.3. The van der Waals surface area contributed by atoms with E-state index in [2.05, 4.69) is 10.6 Å². The number of carbonyl (C=O) groups is 1. The van der Waals surface area contributed by atoms with Gasteiger partial charge >= 0.3 is 0 Å². The van der Waals surface area contributed by atoms with Gasteiger partial charge in [-0.25, -0.2) is 0 Å². The summed E-state index contributed by atoms with van der Waals surface area (Å²) in [6.45, 7) is 1.53. The first-order valence-corrected chi connectivity index (χ1v) is 7.80. The van der Waals surface area contributed by atoms with Gasteiger partial charge in [0.05, 0.1) is 12.0 Å². The second-order valence-corrected chi connectivity index (χ2v) is 6.28. The zero-order valence-electron chi connectivity index (χ0n) is 11.2. The van der Waals surface area contributed by atoms with Crippen molar-refractivity contribution in [3.05, 3.63) is 57.2 Å². The van der Waals surface area contributed by atoms with Gasteiger partial charge in [-0.05, 0) is 29.1 Å². The topological polar surface area (TPSA) is 41.1 Å². The highest BCUT2D eigenvalue weighted by atomic mass is 35.5. The quantitative estimate of drug-likeness (QED) is 0.895. The minimum absolute atomic E-state index is 0. The molecule has 1 saturated heterocycles. The number of amides is 1. The van der Waals surface area contributed by atoms with Gasteiger partial charge in [-0.3, -0.25) is 4.79 Å². The molecule has 1 aliphatic rings. The molecule has 6 heteroatoms. The lowest BCUT2D eigenvalue weighted by atomic mass is 10.00. The smallest absolute Gasteiger partial charge is 0.226 e. The van der Waals surface area contributed by atoms with E-state index in [0.717, 1.165) is 23.5 Å². The van der Waals surface area contributed by atoms with Crippen molar-refractivity contribution in [3.63, 3.8) is 0 Å². The van der Waals surface area contributed by atoms with E-state index in [1.54, 1.807) is 11.3 Å². The number of halogens is 2. The maximum atomic E-state index is 12.2. The molecule has 1 aliphatic heterocycles. The molecular formula is C15H16Cl2N2OS. The zero-order valence-corrected chi connectivity index (χ0v) is 13.6. The van der Waals surface area contributed by atoms with Crippen molar-refractivity contribution in [1.82, 2.24) is 10.6 Å². The van der Waals surface area contributed by atoms with Gasteiger partial charge in [-0.15, -0.1) is 23.7 Å². The Morgan fingerprint density at radius 1 is 1.29 bits per heavy atom. The zero-order chi connectivity index (χ0) is 13.9. The minimum Gasteiger partial charge on any atom is -0.344 e. The van der Waals surface area contributed by atoms with E-state index < -0.39 is 0 Å². The molecule has 0 spiro atoms. The highest BCUT2D eigenvalue weighted by Gasteiger charge is 2.27. The third-order valence-electron chi connectivity index (χ3n) is 3.47. The predicted octanol–water partition coefficient (Wildman–Crippen LogP) is 3.25. The van der Waals surface area contributed by atoms with Crippen LogP contribution in [0, 0.1) is 5.92 Å². The predicted molar refractivity (Wildman–Crippen MR) is 89.4 cm³/mol. The van der Waals surface area contributed by atoms with Crippen LogP contribution in [0.5, 0.6) is 0 Å². The number of nitrogens with one attached hydrogen (secondary N) is 2. The molecule has 1 fully saturated rings. The van der Waals surface area contributed by atoms with Crippen molar-refractivity contribution < 1.29 is 4.79 Å². The number of carbonyl (C=O) groups excluding carboxylic acids is 1. The fourth-order valence-electron chi connectivity index (χ4n) is 2.16. The van der Waals surface area contributed by atoms with Crippen LogP contribution in [0.25, 0.3) is 0 Å². The highest BCUT2D eigenvalue weighted by Crippen LogP contribution is 2.27. The van der Waals surface area contributed by atoms with Crippen molar-refractivity contribution in [2.75, 3.05) is 13.1 Å². The minimum atomic E-state index is -0.0969. The summed E-state index contributed by atoms with van der Waals surface area (Å²) in [6.07, 6.45) is 0. The molecule has 0 saturated carbocycles. The largest absolute Gasteiger partial charge is 0.344 e. The van der Waals surface area contributed by atoms with E-state index in [4.69, 9.17) is 11.6 Å². The van der Waals surface area contributed by atoms with Crippen molar-refractivity contribution in [2.24, 2.45) is 5.92 Å². The van der Waals surface area contributed by atoms with Crippen LogP contribution in [0.3, 0.4) is 0 Å². The third-order valence-corrected chi connectivity index (χ3v) is 4.66. The van der Waals surface area contributed by atoms with Crippen LogP contribution in [-0.2, 0) is 4.79 Å². The number of rotatable bonds is 4. The molecule has 3 rings (SSSR count). The second-order valence-electron chi connectivity index (χ2n) is 4.86. The standard InChI is InChI=1S/C15H15ClN2OS.ClH/c16-12-5-3-10(4-6-12)14(13-2-1-7-20-13)18-15(19)11-8-17-9-11;/h1-7,11,14,17H,8-9H2,(H,18,19);1H. The van der Waals surface area contributed by atoms with Crippen molar-refractivity contribution >= 4 is 41.3 Å². The number of thiophene rings is 1. The lowest BCUT2D eigenvalue weighted by Crippen LogP contribution is -2.51.